The number of allylic oxidation sites excluding steroid dienone is 4. The van der Waals surface area contributed by atoms with Crippen LogP contribution in [0.4, 0.5) is 0 Å². The number of halogens is 1. The first-order valence-corrected chi connectivity index (χ1v) is 17.6. The Hall–Kier alpha value is -4.10. The van der Waals surface area contributed by atoms with E-state index in [4.69, 9.17) is 0 Å². The number of benzene rings is 3. The molecule has 6 atom stereocenters. The molecule has 0 spiro atoms. The van der Waals surface area contributed by atoms with Gasteiger partial charge in [-0.15, -0.1) is 0 Å². The fraction of sp³-hybridized carbons (Fsp3) is 0.350. The molecule has 6 nitrogen and oxygen atoms in total. The van der Waals surface area contributed by atoms with Crippen molar-refractivity contribution in [2.45, 2.75) is 62.3 Å². The highest BCUT2D eigenvalue weighted by Crippen LogP contribution is 2.64. The average Bonchev–Trinajstić information content (AvgIpc) is 3.36. The number of phenolic OH excluding ortho intramolecular Hbond substituents is 1. The highest BCUT2D eigenvalue weighted by atomic mass is 79.9. The van der Waals surface area contributed by atoms with Gasteiger partial charge in [-0.2, -0.15) is 0 Å². The van der Waals surface area contributed by atoms with Gasteiger partial charge in [0.2, 0.25) is 11.8 Å². The third kappa shape index (κ3) is 4.49. The lowest BCUT2D eigenvalue weighted by molar-refractivity contribution is -0.144. The molecule has 2 amide bonds. The third-order valence-corrected chi connectivity index (χ3v) is 12.1. The van der Waals surface area contributed by atoms with Crippen molar-refractivity contribution in [2.24, 2.45) is 23.7 Å². The number of Topliss-reactive ketones (excluding diaryl/α,β-unsaturated/α-hetero) is 1. The van der Waals surface area contributed by atoms with Gasteiger partial charge in [0.05, 0.1) is 17.3 Å². The number of phenols is 1. The van der Waals surface area contributed by atoms with Gasteiger partial charge in [0.15, 0.2) is 11.6 Å². The third-order valence-electron chi connectivity index (χ3n) is 11.6. The second kappa shape index (κ2) is 11.6. The lowest BCUT2D eigenvalue weighted by Crippen LogP contribution is -2.58. The number of hydrogen-bond acceptors (Lipinski definition) is 5. The Labute approximate surface area is 282 Å². The number of imide groups is 1. The quantitative estimate of drug-likeness (QED) is 0.229. The Morgan fingerprint density at radius 1 is 0.809 bits per heavy atom. The molecule has 1 saturated heterocycles. The number of rotatable bonds is 4. The fourth-order valence-electron chi connectivity index (χ4n) is 9.70. The molecule has 4 aliphatic carbocycles. The smallest absolute Gasteiger partial charge is 0.233 e. The maximum atomic E-state index is 15.1. The van der Waals surface area contributed by atoms with Crippen molar-refractivity contribution in [2.75, 3.05) is 0 Å². The van der Waals surface area contributed by atoms with Gasteiger partial charge < -0.3 is 5.11 Å². The Balaban J connectivity index is 1.36. The van der Waals surface area contributed by atoms with Crippen molar-refractivity contribution in [1.29, 1.82) is 0 Å². The number of carbonyl (C=O) groups is 4. The van der Waals surface area contributed by atoms with Gasteiger partial charge in [-0.05, 0) is 67.0 Å². The first-order valence-electron chi connectivity index (χ1n) is 16.8. The molecule has 0 bridgehead atoms. The second-order valence-electron chi connectivity index (χ2n) is 13.8. The molecule has 47 heavy (non-hydrogen) atoms. The van der Waals surface area contributed by atoms with Crippen molar-refractivity contribution in [3.8, 4) is 5.75 Å². The number of likely N-dealkylation sites (tertiary alicyclic amines) is 1. The van der Waals surface area contributed by atoms with Crippen molar-refractivity contribution in [3.63, 3.8) is 0 Å². The Kier molecular flexibility index (Phi) is 7.43. The standard InChI is InChI=1S/C40H36BrNO5/c41-25-16-19-33(43)31(20-25)36-27-17-18-28-35(39(47)42(38(28)46)26-14-8-3-9-15-26)30(27)21-32-37(45)29(23-10-4-1-5-11-23)22-34(44)40(32,36)24-12-6-2-7-13-24/h1-2,4-7,10-13,16-17,19-20,22,26,28,30,32,35-36,43H,3,8-9,14-15,18,21H2. The molecule has 8 rings (SSSR count). The summed E-state index contributed by atoms with van der Waals surface area (Å²) in [5.41, 5.74) is 1.77. The van der Waals surface area contributed by atoms with Crippen LogP contribution in [-0.4, -0.2) is 39.4 Å². The topological polar surface area (TPSA) is 91.8 Å². The van der Waals surface area contributed by atoms with Gasteiger partial charge in [0.25, 0.3) is 0 Å². The first-order chi connectivity index (χ1) is 22.8. The van der Waals surface area contributed by atoms with Crippen LogP contribution < -0.4 is 0 Å². The zero-order chi connectivity index (χ0) is 32.4. The molecular formula is C40H36BrNO5. The van der Waals surface area contributed by atoms with Crippen LogP contribution >= 0.6 is 15.9 Å². The number of nitrogens with zero attached hydrogens (tertiary/aromatic N) is 1. The molecule has 1 N–H and O–H groups in total. The second-order valence-corrected chi connectivity index (χ2v) is 14.7. The number of carbonyl (C=O) groups excluding carboxylic acids is 4. The summed E-state index contributed by atoms with van der Waals surface area (Å²) in [6.07, 6.45) is 8.98. The van der Waals surface area contributed by atoms with Crippen molar-refractivity contribution in [3.05, 3.63) is 118 Å². The van der Waals surface area contributed by atoms with Gasteiger partial charge in [-0.25, -0.2) is 0 Å². The zero-order valence-electron chi connectivity index (χ0n) is 26.0. The summed E-state index contributed by atoms with van der Waals surface area (Å²) in [4.78, 5) is 60.1. The maximum absolute atomic E-state index is 15.1. The van der Waals surface area contributed by atoms with E-state index in [2.05, 4.69) is 22.0 Å². The minimum atomic E-state index is -1.36. The lowest BCUT2D eigenvalue weighted by Gasteiger charge is -2.55. The van der Waals surface area contributed by atoms with E-state index in [0.29, 0.717) is 28.7 Å². The molecule has 6 unspecified atom stereocenters. The summed E-state index contributed by atoms with van der Waals surface area (Å²) in [6, 6.07) is 23.8. The van der Waals surface area contributed by atoms with Gasteiger partial charge in [-0.3, -0.25) is 24.1 Å². The number of aromatic hydroxyl groups is 1. The lowest BCUT2D eigenvalue weighted by atomic mass is 9.44. The molecular weight excluding hydrogens is 654 g/mol. The largest absolute Gasteiger partial charge is 0.508 e. The van der Waals surface area contributed by atoms with E-state index in [1.165, 1.54) is 6.08 Å². The number of hydrogen-bond donors (Lipinski definition) is 1. The summed E-state index contributed by atoms with van der Waals surface area (Å²) in [7, 11) is 0. The highest BCUT2D eigenvalue weighted by molar-refractivity contribution is 9.10. The molecule has 238 valence electrons. The zero-order valence-corrected chi connectivity index (χ0v) is 27.6. The molecule has 3 fully saturated rings. The van der Waals surface area contributed by atoms with Crippen LogP contribution in [0.1, 0.15) is 67.6 Å². The number of ketones is 2. The summed E-state index contributed by atoms with van der Waals surface area (Å²) in [5, 5.41) is 11.5. The highest BCUT2D eigenvalue weighted by Gasteiger charge is 2.66. The van der Waals surface area contributed by atoms with Crippen LogP contribution in [0.2, 0.25) is 0 Å². The van der Waals surface area contributed by atoms with E-state index in [9.17, 15) is 19.5 Å². The number of fused-ring (bicyclic) bond motifs is 4. The molecule has 0 aromatic heterocycles. The normalized spacial score (nSPS) is 30.7. The Morgan fingerprint density at radius 3 is 2.23 bits per heavy atom. The van der Waals surface area contributed by atoms with E-state index in [1.807, 2.05) is 66.7 Å². The maximum Gasteiger partial charge on any atom is 0.233 e. The van der Waals surface area contributed by atoms with Crippen LogP contribution in [0.25, 0.3) is 5.57 Å². The van der Waals surface area contributed by atoms with Crippen molar-refractivity contribution < 1.29 is 24.3 Å². The van der Waals surface area contributed by atoms with Gasteiger partial charge in [-0.1, -0.05) is 108 Å². The fourth-order valence-corrected chi connectivity index (χ4v) is 10.1. The molecule has 5 aliphatic rings. The molecule has 1 heterocycles. The summed E-state index contributed by atoms with van der Waals surface area (Å²) >= 11 is 3.59. The molecule has 2 saturated carbocycles. The van der Waals surface area contributed by atoms with E-state index < -0.39 is 35.0 Å². The minimum absolute atomic E-state index is 0.0201. The van der Waals surface area contributed by atoms with Gasteiger partial charge >= 0.3 is 0 Å². The Morgan fingerprint density at radius 2 is 1.51 bits per heavy atom. The molecule has 3 aromatic rings. The van der Waals surface area contributed by atoms with Crippen molar-refractivity contribution in [1.82, 2.24) is 4.90 Å². The van der Waals surface area contributed by atoms with E-state index >= 15 is 4.79 Å². The minimum Gasteiger partial charge on any atom is -0.508 e. The summed E-state index contributed by atoms with van der Waals surface area (Å²) in [6.45, 7) is 0. The van der Waals surface area contributed by atoms with Crippen molar-refractivity contribution >= 4 is 44.9 Å². The summed E-state index contributed by atoms with van der Waals surface area (Å²) in [5.74, 6) is -3.65. The SMILES string of the molecule is O=C1C(c2ccccc2)=CC(=O)C2(c3ccccc3)C1CC1C(=CCC3C(=O)N(C4CCCCC4)C(=O)C31)C2c1cc(Br)ccc1O. The van der Waals surface area contributed by atoms with E-state index in [-0.39, 0.29) is 41.6 Å². The molecule has 1 aliphatic heterocycles. The van der Waals surface area contributed by atoms with Crippen LogP contribution in [0.5, 0.6) is 5.75 Å². The van der Waals surface area contributed by atoms with Crippen LogP contribution in [0, 0.1) is 23.7 Å². The van der Waals surface area contributed by atoms with Crippen LogP contribution in [0.15, 0.2) is 101 Å². The van der Waals surface area contributed by atoms with E-state index in [0.717, 1.165) is 42.1 Å². The molecule has 3 aromatic carbocycles. The number of amides is 2. The van der Waals surface area contributed by atoms with Crippen LogP contribution in [0.3, 0.4) is 0 Å². The monoisotopic (exact) mass is 689 g/mol. The summed E-state index contributed by atoms with van der Waals surface area (Å²) < 4.78 is 0.729. The Bertz CT molecular complexity index is 1860. The van der Waals surface area contributed by atoms with Gasteiger partial charge in [0, 0.05) is 33.5 Å². The molecule has 7 heteroatoms. The van der Waals surface area contributed by atoms with E-state index in [1.54, 1.807) is 17.0 Å². The van der Waals surface area contributed by atoms with Crippen LogP contribution in [-0.2, 0) is 24.6 Å². The average molecular weight is 691 g/mol. The predicted molar refractivity (Wildman–Crippen MR) is 181 cm³/mol. The molecule has 0 radical (unpaired) electrons. The first kappa shape index (κ1) is 30.2. The van der Waals surface area contributed by atoms with Gasteiger partial charge in [0.1, 0.15) is 5.75 Å². The predicted octanol–water partition coefficient (Wildman–Crippen LogP) is 7.31.